The van der Waals surface area contributed by atoms with E-state index in [9.17, 15) is 26.0 Å². The molecule has 0 atom stereocenters. The topological polar surface area (TPSA) is 59.0 Å². The third-order valence-corrected chi connectivity index (χ3v) is 6.09. The summed E-state index contributed by atoms with van der Waals surface area (Å²) in [5.74, 6) is -1.02. The number of nitrogens with zero attached hydrogens (tertiary/aromatic N) is 2. The summed E-state index contributed by atoms with van der Waals surface area (Å²) >= 11 is 5.67. The Morgan fingerprint density at radius 1 is 1.30 bits per heavy atom. The fourth-order valence-corrected chi connectivity index (χ4v) is 4.04. The minimum atomic E-state index is -4.60. The molecule has 0 fully saturated rings. The van der Waals surface area contributed by atoms with Gasteiger partial charge < -0.3 is 4.74 Å². The molecule has 0 aliphatic heterocycles. The van der Waals surface area contributed by atoms with E-state index < -0.39 is 27.6 Å². The molecule has 0 unspecified atom stereocenters. The van der Waals surface area contributed by atoms with E-state index in [0.29, 0.717) is 0 Å². The highest BCUT2D eigenvalue weighted by Crippen LogP contribution is 2.33. The third-order valence-electron chi connectivity index (χ3n) is 3.88. The molecule has 30 heavy (non-hydrogen) atoms. The van der Waals surface area contributed by atoms with Crippen molar-refractivity contribution in [3.8, 4) is 0 Å². The summed E-state index contributed by atoms with van der Waals surface area (Å²) in [5, 5.41) is -0.353. The van der Waals surface area contributed by atoms with Crippen molar-refractivity contribution in [2.45, 2.75) is 51.3 Å². The van der Waals surface area contributed by atoms with Gasteiger partial charge in [-0.25, -0.2) is 17.8 Å². The molecule has 0 radical (unpaired) electrons. The van der Waals surface area contributed by atoms with E-state index in [1.165, 1.54) is 19.9 Å². The number of allylic oxidation sites excluding steroid dienone is 2. The van der Waals surface area contributed by atoms with Crippen LogP contribution in [0.2, 0.25) is 5.02 Å². The van der Waals surface area contributed by atoms with Crippen molar-refractivity contribution in [3.05, 3.63) is 53.1 Å². The van der Waals surface area contributed by atoms with Crippen LogP contribution in [0.3, 0.4) is 0 Å². The Morgan fingerprint density at radius 3 is 2.33 bits per heavy atom. The molecular formula is C19H23ClF4N2O3S. The molecule has 0 N–H and O–H groups in total. The highest BCUT2D eigenvalue weighted by molar-refractivity contribution is 7.89. The van der Waals surface area contributed by atoms with Crippen LogP contribution in [0.5, 0.6) is 0 Å². The molecule has 1 aromatic carbocycles. The number of hydrogen-bond acceptors (Lipinski definition) is 4. The van der Waals surface area contributed by atoms with E-state index in [1.807, 2.05) is 0 Å². The van der Waals surface area contributed by atoms with Crippen LogP contribution in [-0.4, -0.2) is 36.9 Å². The second-order valence-corrected chi connectivity index (χ2v) is 9.03. The quantitative estimate of drug-likeness (QED) is 0.223. The average molecular weight is 471 g/mol. The summed E-state index contributed by atoms with van der Waals surface area (Å²) in [5.41, 5.74) is -2.28. The number of halogens is 5. The van der Waals surface area contributed by atoms with E-state index >= 15 is 0 Å². The summed E-state index contributed by atoms with van der Waals surface area (Å²) in [6, 6.07) is 2.98. The van der Waals surface area contributed by atoms with Gasteiger partial charge in [-0.05, 0) is 52.0 Å². The zero-order valence-corrected chi connectivity index (χ0v) is 18.7. The van der Waals surface area contributed by atoms with Gasteiger partial charge in [0.05, 0.1) is 9.92 Å². The smallest absolute Gasteiger partial charge is 0.427 e. The number of sulfonamides is 1. The first kappa shape index (κ1) is 26.0. The van der Waals surface area contributed by atoms with Gasteiger partial charge in [-0.1, -0.05) is 18.2 Å². The van der Waals surface area contributed by atoms with Crippen LogP contribution in [0.4, 0.5) is 17.6 Å². The number of hydrogen-bond donors (Lipinski definition) is 0. The molecular weight excluding hydrogens is 448 g/mol. The number of aliphatic imine (C=N–C) groups is 1. The fraction of sp³-hybridized carbons (Fsp3) is 0.421. The predicted octanol–water partition coefficient (Wildman–Crippen LogP) is 5.68. The SMILES string of the molecule is C=C(/C=C(\C)N=C(C)OC(C)(C)C(F)(F)F)N(CC)S(=O)(=O)c1ccc(F)c(Cl)c1. The van der Waals surface area contributed by atoms with Crippen molar-refractivity contribution < 1.29 is 30.7 Å². The monoisotopic (exact) mass is 470 g/mol. The average Bonchev–Trinajstić information content (AvgIpc) is 2.55. The first-order chi connectivity index (χ1) is 13.5. The van der Waals surface area contributed by atoms with Crippen molar-refractivity contribution in [2.24, 2.45) is 4.99 Å². The Balaban J connectivity index is 3.14. The molecule has 0 aliphatic rings. The van der Waals surface area contributed by atoms with Crippen LogP contribution in [0.15, 0.2) is 52.1 Å². The molecule has 11 heteroatoms. The van der Waals surface area contributed by atoms with Crippen LogP contribution in [-0.2, 0) is 14.8 Å². The van der Waals surface area contributed by atoms with Gasteiger partial charge in [0.2, 0.25) is 0 Å². The van der Waals surface area contributed by atoms with Crippen molar-refractivity contribution in [2.75, 3.05) is 6.54 Å². The maximum atomic E-state index is 13.3. The van der Waals surface area contributed by atoms with Gasteiger partial charge in [-0.2, -0.15) is 13.2 Å². The summed E-state index contributed by atoms with van der Waals surface area (Å²) in [6.45, 7) is 9.67. The van der Waals surface area contributed by atoms with Crippen LogP contribution >= 0.6 is 11.6 Å². The summed E-state index contributed by atoms with van der Waals surface area (Å²) < 4.78 is 83.6. The molecule has 0 heterocycles. The zero-order valence-electron chi connectivity index (χ0n) is 17.1. The van der Waals surface area contributed by atoms with Gasteiger partial charge in [0.25, 0.3) is 10.0 Å². The Bertz CT molecular complexity index is 970. The van der Waals surface area contributed by atoms with Crippen molar-refractivity contribution in [1.29, 1.82) is 0 Å². The normalized spacial score (nSPS) is 13.9. The Morgan fingerprint density at radius 2 is 1.87 bits per heavy atom. The Hall–Kier alpha value is -2.07. The molecule has 0 spiro atoms. The van der Waals surface area contributed by atoms with Gasteiger partial charge in [-0.15, -0.1) is 0 Å². The number of alkyl halides is 3. The minimum Gasteiger partial charge on any atom is -0.466 e. The lowest BCUT2D eigenvalue weighted by Gasteiger charge is -2.28. The first-order valence-corrected chi connectivity index (χ1v) is 10.5. The molecule has 5 nitrogen and oxygen atoms in total. The Labute approximate surface area is 178 Å². The van der Waals surface area contributed by atoms with Crippen molar-refractivity contribution >= 4 is 27.5 Å². The molecule has 0 saturated carbocycles. The second-order valence-electron chi connectivity index (χ2n) is 6.76. The van der Waals surface area contributed by atoms with Crippen molar-refractivity contribution in [1.82, 2.24) is 4.31 Å². The molecule has 1 aromatic rings. The summed E-state index contributed by atoms with van der Waals surface area (Å²) in [7, 11) is -4.10. The predicted molar refractivity (Wildman–Crippen MR) is 108 cm³/mol. The lowest BCUT2D eigenvalue weighted by molar-refractivity contribution is -0.239. The maximum absolute atomic E-state index is 13.3. The number of rotatable bonds is 7. The van der Waals surface area contributed by atoms with Crippen LogP contribution in [0.25, 0.3) is 0 Å². The van der Waals surface area contributed by atoms with Crippen LogP contribution in [0.1, 0.15) is 34.6 Å². The molecule has 0 aliphatic carbocycles. The van der Waals surface area contributed by atoms with Gasteiger partial charge in [0, 0.05) is 24.9 Å². The standard InChI is InChI=1S/C19H23ClF4N2O3S/c1-7-26(30(27,28)15-8-9-17(21)16(20)11-15)13(3)10-12(2)25-14(4)29-18(5,6)19(22,23)24/h8-11H,3,7H2,1-2,4-6H3/b12-10+,25-14?. The zero-order chi connectivity index (χ0) is 23.5. The lowest BCUT2D eigenvalue weighted by Crippen LogP contribution is -2.43. The fourth-order valence-electron chi connectivity index (χ4n) is 2.34. The number of ether oxygens (including phenoxy) is 1. The third kappa shape index (κ3) is 6.21. The van der Waals surface area contributed by atoms with Gasteiger partial charge in [0.15, 0.2) is 11.5 Å². The second kappa shape index (κ2) is 9.38. The van der Waals surface area contributed by atoms with E-state index in [1.54, 1.807) is 6.92 Å². The molecule has 0 bridgehead atoms. The maximum Gasteiger partial charge on any atom is 0.427 e. The lowest BCUT2D eigenvalue weighted by atomic mass is 10.1. The molecule has 0 aromatic heterocycles. The largest absolute Gasteiger partial charge is 0.466 e. The molecule has 1 rings (SSSR count). The van der Waals surface area contributed by atoms with Gasteiger partial charge in [-0.3, -0.25) is 4.31 Å². The van der Waals surface area contributed by atoms with E-state index in [4.69, 9.17) is 16.3 Å². The van der Waals surface area contributed by atoms with Gasteiger partial charge >= 0.3 is 6.18 Å². The molecule has 0 amide bonds. The minimum absolute atomic E-state index is 0.00193. The first-order valence-electron chi connectivity index (χ1n) is 8.69. The molecule has 168 valence electrons. The van der Waals surface area contributed by atoms with E-state index in [-0.39, 0.29) is 33.8 Å². The number of likely N-dealkylation sites (N-methyl/N-ethyl adjacent to an activating group) is 1. The van der Waals surface area contributed by atoms with Crippen LogP contribution < -0.4 is 0 Å². The van der Waals surface area contributed by atoms with E-state index in [2.05, 4.69) is 11.6 Å². The highest BCUT2D eigenvalue weighted by atomic mass is 35.5. The summed E-state index contributed by atoms with van der Waals surface area (Å²) in [4.78, 5) is 3.68. The number of benzene rings is 1. The molecule has 0 saturated heterocycles. The van der Waals surface area contributed by atoms with Gasteiger partial charge in [0.1, 0.15) is 5.82 Å². The van der Waals surface area contributed by atoms with E-state index in [0.717, 1.165) is 36.4 Å². The summed E-state index contributed by atoms with van der Waals surface area (Å²) in [6.07, 6.45) is -3.33. The Kier molecular flexibility index (Phi) is 8.12. The highest BCUT2D eigenvalue weighted by Gasteiger charge is 2.50. The van der Waals surface area contributed by atoms with Crippen molar-refractivity contribution in [3.63, 3.8) is 0 Å². The van der Waals surface area contributed by atoms with Crippen LogP contribution in [0, 0.1) is 5.82 Å².